The van der Waals surface area contributed by atoms with Crippen LogP contribution in [-0.2, 0) is 10.0 Å². The SMILES string of the molecule is Cc1oc(C(=O)O)cc1S(=O)(=O)N(C)CC1CCN(C)C1. The monoisotopic (exact) mass is 316 g/mol. The molecule has 1 aromatic heterocycles. The van der Waals surface area contributed by atoms with Gasteiger partial charge in [-0.15, -0.1) is 0 Å². The van der Waals surface area contributed by atoms with Crippen LogP contribution >= 0.6 is 0 Å². The Kier molecular flexibility index (Phi) is 4.40. The maximum absolute atomic E-state index is 12.5. The van der Waals surface area contributed by atoms with E-state index in [1.54, 1.807) is 0 Å². The van der Waals surface area contributed by atoms with Crippen molar-refractivity contribution in [1.29, 1.82) is 0 Å². The number of nitrogens with zero attached hydrogens (tertiary/aromatic N) is 2. The van der Waals surface area contributed by atoms with E-state index in [4.69, 9.17) is 9.52 Å². The Labute approximate surface area is 124 Å². The standard InChI is InChI=1S/C13H20N2O5S/c1-9-12(6-11(20-9)13(16)17)21(18,19)15(3)8-10-4-5-14(2)7-10/h6,10H,4-5,7-8H2,1-3H3,(H,16,17). The first kappa shape index (κ1) is 16.0. The van der Waals surface area contributed by atoms with Crippen LogP contribution in [0.2, 0.25) is 0 Å². The average molecular weight is 316 g/mol. The van der Waals surface area contributed by atoms with Crippen LogP contribution < -0.4 is 0 Å². The fraction of sp³-hybridized carbons (Fsp3) is 0.615. The van der Waals surface area contributed by atoms with Crippen LogP contribution in [0.15, 0.2) is 15.4 Å². The van der Waals surface area contributed by atoms with Gasteiger partial charge in [0.1, 0.15) is 10.7 Å². The zero-order valence-electron chi connectivity index (χ0n) is 12.4. The molecule has 1 aliphatic heterocycles. The van der Waals surface area contributed by atoms with Crippen molar-refractivity contribution in [3.8, 4) is 0 Å². The zero-order chi connectivity index (χ0) is 15.8. The van der Waals surface area contributed by atoms with Crippen LogP contribution in [0.4, 0.5) is 0 Å². The normalized spacial score (nSPS) is 20.3. The second-order valence-electron chi connectivity index (χ2n) is 5.54. The molecule has 1 fully saturated rings. The number of likely N-dealkylation sites (tertiary alicyclic amines) is 1. The number of hydrogen-bond acceptors (Lipinski definition) is 5. The van der Waals surface area contributed by atoms with Gasteiger partial charge in [0.15, 0.2) is 0 Å². The summed E-state index contributed by atoms with van der Waals surface area (Å²) in [7, 11) is -0.207. The molecule has 1 aromatic rings. The predicted molar refractivity (Wildman–Crippen MR) is 75.8 cm³/mol. The lowest BCUT2D eigenvalue weighted by atomic mass is 10.1. The van der Waals surface area contributed by atoms with Gasteiger partial charge in [0, 0.05) is 26.2 Å². The van der Waals surface area contributed by atoms with Crippen LogP contribution in [0, 0.1) is 12.8 Å². The second kappa shape index (κ2) is 5.78. The molecule has 2 heterocycles. The van der Waals surface area contributed by atoms with Crippen molar-refractivity contribution in [2.24, 2.45) is 5.92 Å². The number of aryl methyl sites for hydroxylation is 1. The summed E-state index contributed by atoms with van der Waals surface area (Å²) < 4.78 is 31.3. The number of rotatable bonds is 5. The van der Waals surface area contributed by atoms with Crippen molar-refractivity contribution in [1.82, 2.24) is 9.21 Å². The lowest BCUT2D eigenvalue weighted by Gasteiger charge is -2.20. The molecule has 118 valence electrons. The first-order valence-electron chi connectivity index (χ1n) is 6.70. The summed E-state index contributed by atoms with van der Waals surface area (Å²) in [6.45, 7) is 3.70. The van der Waals surface area contributed by atoms with Crippen molar-refractivity contribution in [3.63, 3.8) is 0 Å². The molecule has 7 nitrogen and oxygen atoms in total. The first-order valence-corrected chi connectivity index (χ1v) is 8.14. The summed E-state index contributed by atoms with van der Waals surface area (Å²) in [5, 5.41) is 8.88. The van der Waals surface area contributed by atoms with E-state index in [0.29, 0.717) is 12.5 Å². The Morgan fingerprint density at radius 1 is 1.57 bits per heavy atom. The Bertz CT molecular complexity index is 637. The molecule has 0 amide bonds. The Morgan fingerprint density at radius 2 is 2.24 bits per heavy atom. The number of aromatic carboxylic acids is 1. The highest BCUT2D eigenvalue weighted by Gasteiger charge is 2.30. The topological polar surface area (TPSA) is 91.1 Å². The van der Waals surface area contributed by atoms with Gasteiger partial charge in [-0.3, -0.25) is 0 Å². The molecule has 0 spiro atoms. The molecule has 1 saturated heterocycles. The van der Waals surface area contributed by atoms with E-state index in [2.05, 4.69) is 4.90 Å². The second-order valence-corrected chi connectivity index (χ2v) is 7.55. The average Bonchev–Trinajstić information content (AvgIpc) is 2.96. The molecule has 0 aliphatic carbocycles. The summed E-state index contributed by atoms with van der Waals surface area (Å²) in [6, 6.07) is 1.07. The van der Waals surface area contributed by atoms with E-state index in [1.807, 2.05) is 7.05 Å². The number of hydrogen-bond donors (Lipinski definition) is 1. The van der Waals surface area contributed by atoms with Crippen molar-refractivity contribution >= 4 is 16.0 Å². The largest absolute Gasteiger partial charge is 0.475 e. The zero-order valence-corrected chi connectivity index (χ0v) is 13.2. The number of furan rings is 1. The molecule has 1 unspecified atom stereocenters. The van der Waals surface area contributed by atoms with Crippen LogP contribution in [0.25, 0.3) is 0 Å². The van der Waals surface area contributed by atoms with Crippen LogP contribution in [0.1, 0.15) is 22.7 Å². The molecule has 0 saturated carbocycles. The van der Waals surface area contributed by atoms with Crippen LogP contribution in [0.3, 0.4) is 0 Å². The Balaban J connectivity index is 2.19. The highest BCUT2D eigenvalue weighted by atomic mass is 32.2. The fourth-order valence-electron chi connectivity index (χ4n) is 2.63. The quantitative estimate of drug-likeness (QED) is 0.866. The van der Waals surface area contributed by atoms with Gasteiger partial charge < -0.3 is 14.4 Å². The van der Waals surface area contributed by atoms with E-state index in [0.717, 1.165) is 25.6 Å². The van der Waals surface area contributed by atoms with Gasteiger partial charge in [0.05, 0.1) is 0 Å². The summed E-state index contributed by atoms with van der Waals surface area (Å²) >= 11 is 0. The summed E-state index contributed by atoms with van der Waals surface area (Å²) in [5.74, 6) is -1.25. The molecular formula is C13H20N2O5S. The van der Waals surface area contributed by atoms with Gasteiger partial charge in [-0.05, 0) is 32.9 Å². The van der Waals surface area contributed by atoms with Gasteiger partial charge in [0.25, 0.3) is 0 Å². The minimum Gasteiger partial charge on any atom is -0.475 e. The molecular weight excluding hydrogens is 296 g/mol. The Morgan fingerprint density at radius 3 is 2.71 bits per heavy atom. The lowest BCUT2D eigenvalue weighted by molar-refractivity contribution is 0.0661. The molecule has 21 heavy (non-hydrogen) atoms. The third-order valence-electron chi connectivity index (χ3n) is 3.78. The molecule has 8 heteroatoms. The third-order valence-corrected chi connectivity index (χ3v) is 5.71. The molecule has 1 atom stereocenters. The maximum Gasteiger partial charge on any atom is 0.371 e. The molecule has 0 bridgehead atoms. The molecule has 1 N–H and O–H groups in total. The highest BCUT2D eigenvalue weighted by molar-refractivity contribution is 7.89. The summed E-state index contributed by atoms with van der Waals surface area (Å²) in [4.78, 5) is 13.0. The van der Waals surface area contributed by atoms with Crippen molar-refractivity contribution in [2.75, 3.05) is 33.7 Å². The van der Waals surface area contributed by atoms with E-state index in [9.17, 15) is 13.2 Å². The van der Waals surface area contributed by atoms with Crippen molar-refractivity contribution in [3.05, 3.63) is 17.6 Å². The minimum atomic E-state index is -3.73. The third kappa shape index (κ3) is 3.28. The first-order chi connectivity index (χ1) is 9.71. The highest BCUT2D eigenvalue weighted by Crippen LogP contribution is 2.25. The van der Waals surface area contributed by atoms with Crippen molar-refractivity contribution in [2.45, 2.75) is 18.2 Å². The molecule has 0 radical (unpaired) electrons. The molecule has 2 rings (SSSR count). The van der Waals surface area contributed by atoms with Gasteiger partial charge >= 0.3 is 5.97 Å². The van der Waals surface area contributed by atoms with Gasteiger partial charge in [-0.2, -0.15) is 0 Å². The van der Waals surface area contributed by atoms with E-state index in [-0.39, 0.29) is 16.4 Å². The van der Waals surface area contributed by atoms with E-state index >= 15 is 0 Å². The number of carboxylic acid groups (broad SMARTS) is 1. The summed E-state index contributed by atoms with van der Waals surface area (Å²) in [6.07, 6.45) is 0.959. The lowest BCUT2D eigenvalue weighted by Crippen LogP contribution is -2.33. The fourth-order valence-corrected chi connectivity index (χ4v) is 4.04. The van der Waals surface area contributed by atoms with Crippen molar-refractivity contribution < 1.29 is 22.7 Å². The molecule has 0 aromatic carbocycles. The number of sulfonamides is 1. The number of carboxylic acids is 1. The molecule has 1 aliphatic rings. The van der Waals surface area contributed by atoms with Crippen LogP contribution in [0.5, 0.6) is 0 Å². The van der Waals surface area contributed by atoms with Crippen LogP contribution in [-0.4, -0.2) is 62.4 Å². The summed E-state index contributed by atoms with van der Waals surface area (Å²) in [5.41, 5.74) is 0. The Hall–Kier alpha value is -1.38. The van der Waals surface area contributed by atoms with Gasteiger partial charge in [-0.25, -0.2) is 17.5 Å². The van der Waals surface area contributed by atoms with Gasteiger partial charge in [0.2, 0.25) is 15.8 Å². The minimum absolute atomic E-state index is 0.0752. The van der Waals surface area contributed by atoms with E-state index in [1.165, 1.54) is 18.3 Å². The van der Waals surface area contributed by atoms with E-state index < -0.39 is 16.0 Å². The number of carbonyl (C=O) groups is 1. The van der Waals surface area contributed by atoms with Gasteiger partial charge in [-0.1, -0.05) is 0 Å². The maximum atomic E-state index is 12.5. The predicted octanol–water partition coefficient (Wildman–Crippen LogP) is 0.858. The smallest absolute Gasteiger partial charge is 0.371 e.